The van der Waals surface area contributed by atoms with E-state index in [0.717, 1.165) is 11.6 Å². The Hall–Kier alpha value is -3.02. The predicted molar refractivity (Wildman–Crippen MR) is 83.1 cm³/mol. The molecule has 6 nitrogen and oxygen atoms in total. The lowest BCUT2D eigenvalue weighted by atomic mass is 10.1. The van der Waals surface area contributed by atoms with Crippen LogP contribution < -0.4 is 5.32 Å². The van der Waals surface area contributed by atoms with Crippen LogP contribution in [0.1, 0.15) is 28.9 Å². The number of carbonyl (C=O) groups excluding carboxylic acids is 2. The second-order valence-electron chi connectivity index (χ2n) is 4.98. The third-order valence-electron chi connectivity index (χ3n) is 3.21. The standard InChI is InChI=1S/C17H17NO5/c1-11(12-5-3-2-4-6-12)18-16(21)10-23-17(22)14-8-7-13(19)9-15(14)20/h2-9,11,19-20H,10H2,1H3,(H,18,21)/t11-/m1/s1. The second kappa shape index (κ2) is 7.31. The molecule has 0 fully saturated rings. The van der Waals surface area contributed by atoms with Crippen LogP contribution in [-0.4, -0.2) is 28.7 Å². The van der Waals surface area contributed by atoms with Crippen LogP contribution in [0.4, 0.5) is 0 Å². The van der Waals surface area contributed by atoms with E-state index in [-0.39, 0.29) is 17.4 Å². The molecular weight excluding hydrogens is 298 g/mol. The zero-order valence-electron chi connectivity index (χ0n) is 12.5. The molecule has 23 heavy (non-hydrogen) atoms. The summed E-state index contributed by atoms with van der Waals surface area (Å²) in [5.74, 6) is -1.88. The Morgan fingerprint density at radius 2 is 1.83 bits per heavy atom. The molecule has 0 saturated heterocycles. The van der Waals surface area contributed by atoms with Crippen LogP contribution in [0, 0.1) is 0 Å². The van der Waals surface area contributed by atoms with Gasteiger partial charge in [-0.15, -0.1) is 0 Å². The first-order valence-corrected chi connectivity index (χ1v) is 7.01. The maximum atomic E-state index is 11.8. The summed E-state index contributed by atoms with van der Waals surface area (Å²) in [6, 6.07) is 12.6. The van der Waals surface area contributed by atoms with Crippen molar-refractivity contribution in [1.29, 1.82) is 0 Å². The molecule has 1 amide bonds. The van der Waals surface area contributed by atoms with Crippen molar-refractivity contribution in [1.82, 2.24) is 5.32 Å². The van der Waals surface area contributed by atoms with Crippen LogP contribution in [0.5, 0.6) is 11.5 Å². The van der Waals surface area contributed by atoms with Gasteiger partial charge in [-0.05, 0) is 24.6 Å². The Morgan fingerprint density at radius 3 is 2.48 bits per heavy atom. The minimum Gasteiger partial charge on any atom is -0.508 e. The highest BCUT2D eigenvalue weighted by atomic mass is 16.5. The van der Waals surface area contributed by atoms with E-state index < -0.39 is 24.2 Å². The zero-order chi connectivity index (χ0) is 16.8. The lowest BCUT2D eigenvalue weighted by Crippen LogP contribution is -2.31. The number of aromatic hydroxyl groups is 2. The number of rotatable bonds is 5. The van der Waals surface area contributed by atoms with Gasteiger partial charge in [-0.2, -0.15) is 0 Å². The van der Waals surface area contributed by atoms with Gasteiger partial charge in [0.15, 0.2) is 6.61 Å². The molecule has 0 aliphatic heterocycles. The SMILES string of the molecule is C[C@@H](NC(=O)COC(=O)c1ccc(O)cc1O)c1ccccc1. The van der Waals surface area contributed by atoms with Gasteiger partial charge in [-0.1, -0.05) is 30.3 Å². The number of esters is 1. The lowest BCUT2D eigenvalue weighted by Gasteiger charge is -2.14. The summed E-state index contributed by atoms with van der Waals surface area (Å²) < 4.78 is 4.85. The normalized spacial score (nSPS) is 11.5. The first kappa shape index (κ1) is 16.4. The summed E-state index contributed by atoms with van der Waals surface area (Å²) in [6.45, 7) is 1.36. The Balaban J connectivity index is 1.88. The summed E-state index contributed by atoms with van der Waals surface area (Å²) in [5.41, 5.74) is 0.815. The number of hydrogen-bond acceptors (Lipinski definition) is 5. The minimum absolute atomic E-state index is 0.119. The van der Waals surface area contributed by atoms with E-state index in [1.807, 2.05) is 37.3 Å². The summed E-state index contributed by atoms with van der Waals surface area (Å²) >= 11 is 0. The minimum atomic E-state index is -0.843. The molecule has 0 aliphatic carbocycles. The number of benzene rings is 2. The van der Waals surface area contributed by atoms with E-state index in [9.17, 15) is 14.7 Å². The highest BCUT2D eigenvalue weighted by molar-refractivity contribution is 5.94. The smallest absolute Gasteiger partial charge is 0.342 e. The average Bonchev–Trinajstić information content (AvgIpc) is 2.53. The Kier molecular flexibility index (Phi) is 5.19. The Morgan fingerprint density at radius 1 is 1.13 bits per heavy atom. The Bertz CT molecular complexity index is 699. The number of carbonyl (C=O) groups is 2. The van der Waals surface area contributed by atoms with Crippen molar-refractivity contribution in [2.75, 3.05) is 6.61 Å². The monoisotopic (exact) mass is 315 g/mol. The number of ether oxygens (including phenoxy) is 1. The highest BCUT2D eigenvalue weighted by Gasteiger charge is 2.16. The fourth-order valence-corrected chi connectivity index (χ4v) is 2.01. The molecule has 0 aliphatic rings. The van der Waals surface area contributed by atoms with Crippen LogP contribution in [-0.2, 0) is 9.53 Å². The van der Waals surface area contributed by atoms with Gasteiger partial charge in [-0.25, -0.2) is 4.79 Å². The number of nitrogens with one attached hydrogen (secondary N) is 1. The highest BCUT2D eigenvalue weighted by Crippen LogP contribution is 2.23. The van der Waals surface area contributed by atoms with E-state index in [1.54, 1.807) is 0 Å². The topological polar surface area (TPSA) is 95.9 Å². The summed E-state index contributed by atoms with van der Waals surface area (Å²) in [6.07, 6.45) is 0. The molecule has 0 saturated carbocycles. The van der Waals surface area contributed by atoms with Gasteiger partial charge in [0.2, 0.25) is 0 Å². The average molecular weight is 315 g/mol. The number of amides is 1. The molecule has 0 spiro atoms. The fraction of sp³-hybridized carbons (Fsp3) is 0.176. The van der Waals surface area contributed by atoms with Crippen molar-refractivity contribution in [3.63, 3.8) is 0 Å². The largest absolute Gasteiger partial charge is 0.508 e. The van der Waals surface area contributed by atoms with Crippen molar-refractivity contribution in [3.8, 4) is 11.5 Å². The number of hydrogen-bond donors (Lipinski definition) is 3. The summed E-state index contributed by atoms with van der Waals surface area (Å²) in [7, 11) is 0. The van der Waals surface area contributed by atoms with Crippen LogP contribution in [0.3, 0.4) is 0 Å². The molecule has 3 N–H and O–H groups in total. The molecular formula is C17H17NO5. The summed E-state index contributed by atoms with van der Waals surface area (Å²) in [4.78, 5) is 23.6. The molecule has 6 heteroatoms. The number of phenols is 2. The van der Waals surface area contributed by atoms with Gasteiger partial charge in [0.25, 0.3) is 5.91 Å². The maximum Gasteiger partial charge on any atom is 0.342 e. The Labute approximate surface area is 133 Å². The quantitative estimate of drug-likeness (QED) is 0.735. The molecule has 2 rings (SSSR count). The molecule has 2 aromatic carbocycles. The maximum absolute atomic E-state index is 11.8. The van der Waals surface area contributed by atoms with Crippen molar-refractivity contribution >= 4 is 11.9 Å². The molecule has 0 bridgehead atoms. The number of phenolic OH excluding ortho intramolecular Hbond substituents is 2. The van der Waals surface area contributed by atoms with E-state index in [1.165, 1.54) is 12.1 Å². The van der Waals surface area contributed by atoms with E-state index >= 15 is 0 Å². The third kappa shape index (κ3) is 4.47. The van der Waals surface area contributed by atoms with Crippen LogP contribution in [0.25, 0.3) is 0 Å². The summed E-state index contributed by atoms with van der Waals surface area (Å²) in [5, 5.41) is 21.4. The van der Waals surface area contributed by atoms with Crippen molar-refractivity contribution in [2.24, 2.45) is 0 Å². The fourth-order valence-electron chi connectivity index (χ4n) is 2.01. The van der Waals surface area contributed by atoms with Crippen LogP contribution in [0.15, 0.2) is 48.5 Å². The van der Waals surface area contributed by atoms with Gasteiger partial charge >= 0.3 is 5.97 Å². The molecule has 0 unspecified atom stereocenters. The van der Waals surface area contributed by atoms with Crippen molar-refractivity contribution in [2.45, 2.75) is 13.0 Å². The first-order chi connectivity index (χ1) is 11.0. The zero-order valence-corrected chi connectivity index (χ0v) is 12.5. The molecule has 0 radical (unpaired) electrons. The van der Waals surface area contributed by atoms with Gasteiger partial charge in [0.1, 0.15) is 17.1 Å². The predicted octanol–water partition coefficient (Wildman–Crippen LogP) is 2.13. The van der Waals surface area contributed by atoms with Crippen molar-refractivity contribution in [3.05, 3.63) is 59.7 Å². The molecule has 120 valence electrons. The molecule has 2 aromatic rings. The van der Waals surface area contributed by atoms with Gasteiger partial charge in [0, 0.05) is 6.07 Å². The van der Waals surface area contributed by atoms with Crippen molar-refractivity contribution < 1.29 is 24.5 Å². The third-order valence-corrected chi connectivity index (χ3v) is 3.21. The van der Waals surface area contributed by atoms with Gasteiger partial charge in [-0.3, -0.25) is 4.79 Å². The second-order valence-corrected chi connectivity index (χ2v) is 4.98. The van der Waals surface area contributed by atoms with E-state index in [0.29, 0.717) is 0 Å². The van der Waals surface area contributed by atoms with Crippen LogP contribution >= 0.6 is 0 Å². The van der Waals surface area contributed by atoms with E-state index in [4.69, 9.17) is 9.84 Å². The molecule has 0 aromatic heterocycles. The van der Waals surface area contributed by atoms with E-state index in [2.05, 4.69) is 5.32 Å². The molecule has 1 atom stereocenters. The molecule has 0 heterocycles. The lowest BCUT2D eigenvalue weighted by molar-refractivity contribution is -0.124. The van der Waals surface area contributed by atoms with Gasteiger partial charge < -0.3 is 20.3 Å². The van der Waals surface area contributed by atoms with Crippen LogP contribution in [0.2, 0.25) is 0 Å². The first-order valence-electron chi connectivity index (χ1n) is 7.01. The van der Waals surface area contributed by atoms with Gasteiger partial charge in [0.05, 0.1) is 6.04 Å².